The molecule has 1 aromatic heterocycles. The lowest BCUT2D eigenvalue weighted by Crippen LogP contribution is -2.06. The summed E-state index contributed by atoms with van der Waals surface area (Å²) in [5.74, 6) is 0. The third-order valence-corrected chi connectivity index (χ3v) is 2.67. The molecular formula is C13H11N3O2. The van der Waals surface area contributed by atoms with Crippen LogP contribution in [-0.4, -0.2) is 15.8 Å². The fraction of sp³-hybridized carbons (Fsp3) is 0.0769. The molecule has 2 aromatic rings. The summed E-state index contributed by atoms with van der Waals surface area (Å²) in [6.07, 6.45) is -1.09. The lowest BCUT2D eigenvalue weighted by molar-refractivity contribution is 0.210. The van der Waals surface area contributed by atoms with Crippen LogP contribution in [0.25, 0.3) is 11.3 Å². The second kappa shape index (κ2) is 4.63. The molecule has 0 saturated heterocycles. The van der Waals surface area contributed by atoms with E-state index in [0.29, 0.717) is 11.4 Å². The average molecular weight is 241 g/mol. The predicted octanol–water partition coefficient (Wildman–Crippen LogP) is 2.65. The van der Waals surface area contributed by atoms with Crippen LogP contribution in [0.5, 0.6) is 0 Å². The summed E-state index contributed by atoms with van der Waals surface area (Å²) in [6.45, 7) is 0. The quantitative estimate of drug-likeness (QED) is 0.848. The van der Waals surface area contributed by atoms with Crippen molar-refractivity contribution in [2.45, 2.75) is 0 Å². The standard InChI is InChI=1S/C13H11N3O2/c1-16-11(8-14)6-7-12(16)9-2-4-10(5-3-9)15-13(17)18/h2-7,15H,1H3,(H,17,18). The Labute approximate surface area is 104 Å². The van der Waals surface area contributed by atoms with Crippen LogP contribution in [0.4, 0.5) is 10.5 Å². The van der Waals surface area contributed by atoms with Crippen LogP contribution in [0.2, 0.25) is 0 Å². The molecule has 0 saturated carbocycles. The summed E-state index contributed by atoms with van der Waals surface area (Å²) in [7, 11) is 1.82. The van der Waals surface area contributed by atoms with Crippen molar-refractivity contribution in [3.05, 3.63) is 42.1 Å². The van der Waals surface area contributed by atoms with Crippen LogP contribution in [-0.2, 0) is 7.05 Å². The first-order valence-electron chi connectivity index (χ1n) is 5.28. The van der Waals surface area contributed by atoms with Gasteiger partial charge in [0.15, 0.2) is 0 Å². The SMILES string of the molecule is Cn1c(C#N)ccc1-c1ccc(NC(=O)O)cc1. The minimum atomic E-state index is -1.09. The van der Waals surface area contributed by atoms with Crippen LogP contribution in [0, 0.1) is 11.3 Å². The van der Waals surface area contributed by atoms with Gasteiger partial charge in [0.05, 0.1) is 0 Å². The first-order chi connectivity index (χ1) is 8.61. The zero-order valence-electron chi connectivity index (χ0n) is 9.71. The van der Waals surface area contributed by atoms with Gasteiger partial charge in [-0.3, -0.25) is 5.32 Å². The Morgan fingerprint density at radius 1 is 1.28 bits per heavy atom. The summed E-state index contributed by atoms with van der Waals surface area (Å²) >= 11 is 0. The molecular weight excluding hydrogens is 230 g/mol. The van der Waals surface area contributed by atoms with Crippen LogP contribution in [0.1, 0.15) is 5.69 Å². The van der Waals surface area contributed by atoms with E-state index in [2.05, 4.69) is 11.4 Å². The molecule has 1 aromatic carbocycles. The molecule has 0 unspecified atom stereocenters. The second-order valence-electron chi connectivity index (χ2n) is 3.78. The maximum absolute atomic E-state index is 10.5. The first kappa shape index (κ1) is 11.7. The molecule has 0 aliphatic rings. The smallest absolute Gasteiger partial charge is 0.409 e. The van der Waals surface area contributed by atoms with Crippen molar-refractivity contribution in [3.63, 3.8) is 0 Å². The van der Waals surface area contributed by atoms with Gasteiger partial charge in [0.2, 0.25) is 0 Å². The molecule has 0 atom stereocenters. The molecule has 1 heterocycles. The van der Waals surface area contributed by atoms with E-state index >= 15 is 0 Å². The maximum Gasteiger partial charge on any atom is 0.409 e. The fourth-order valence-corrected chi connectivity index (χ4v) is 1.76. The Kier molecular flexibility index (Phi) is 3.02. The van der Waals surface area contributed by atoms with Gasteiger partial charge < -0.3 is 9.67 Å². The van der Waals surface area contributed by atoms with Gasteiger partial charge in [0.1, 0.15) is 11.8 Å². The van der Waals surface area contributed by atoms with Gasteiger partial charge in [0.25, 0.3) is 0 Å². The fourth-order valence-electron chi connectivity index (χ4n) is 1.76. The lowest BCUT2D eigenvalue weighted by atomic mass is 10.1. The van der Waals surface area contributed by atoms with E-state index in [0.717, 1.165) is 11.3 Å². The van der Waals surface area contributed by atoms with E-state index in [9.17, 15) is 4.79 Å². The number of aromatic nitrogens is 1. The predicted molar refractivity (Wildman–Crippen MR) is 67.2 cm³/mol. The third kappa shape index (κ3) is 2.18. The Bertz CT molecular complexity index is 621. The maximum atomic E-state index is 10.5. The van der Waals surface area contributed by atoms with Gasteiger partial charge in [-0.25, -0.2) is 4.79 Å². The van der Waals surface area contributed by atoms with E-state index in [1.165, 1.54) is 0 Å². The van der Waals surface area contributed by atoms with Crippen LogP contribution in [0.3, 0.4) is 0 Å². The number of benzene rings is 1. The van der Waals surface area contributed by atoms with E-state index in [-0.39, 0.29) is 0 Å². The van der Waals surface area contributed by atoms with Crippen molar-refractivity contribution in [2.24, 2.45) is 7.05 Å². The number of rotatable bonds is 2. The largest absolute Gasteiger partial charge is 0.465 e. The highest BCUT2D eigenvalue weighted by atomic mass is 16.4. The molecule has 90 valence electrons. The van der Waals surface area contributed by atoms with E-state index in [1.807, 2.05) is 25.2 Å². The molecule has 0 bridgehead atoms. The zero-order valence-corrected chi connectivity index (χ0v) is 9.71. The number of carboxylic acid groups (broad SMARTS) is 1. The van der Waals surface area contributed by atoms with Gasteiger partial charge in [-0.1, -0.05) is 12.1 Å². The van der Waals surface area contributed by atoms with Crippen molar-refractivity contribution in [1.29, 1.82) is 5.26 Å². The Morgan fingerprint density at radius 3 is 2.44 bits per heavy atom. The minimum absolute atomic E-state index is 0.515. The number of anilines is 1. The summed E-state index contributed by atoms with van der Waals surface area (Å²) in [5.41, 5.74) is 2.93. The molecule has 0 spiro atoms. The number of nitrogens with zero attached hydrogens (tertiary/aromatic N) is 2. The van der Waals surface area contributed by atoms with Crippen molar-refractivity contribution in [3.8, 4) is 17.3 Å². The Balaban J connectivity index is 2.32. The summed E-state index contributed by atoms with van der Waals surface area (Å²) in [4.78, 5) is 10.5. The number of carbonyl (C=O) groups is 1. The molecule has 0 radical (unpaired) electrons. The normalized spacial score (nSPS) is 9.78. The highest BCUT2D eigenvalue weighted by Gasteiger charge is 2.06. The molecule has 2 N–H and O–H groups in total. The molecule has 5 heteroatoms. The molecule has 0 fully saturated rings. The van der Waals surface area contributed by atoms with Crippen LogP contribution in [0.15, 0.2) is 36.4 Å². The number of nitrogens with one attached hydrogen (secondary N) is 1. The van der Waals surface area contributed by atoms with Crippen molar-refractivity contribution in [2.75, 3.05) is 5.32 Å². The number of nitriles is 1. The van der Waals surface area contributed by atoms with E-state index < -0.39 is 6.09 Å². The number of amides is 1. The molecule has 5 nitrogen and oxygen atoms in total. The highest BCUT2D eigenvalue weighted by Crippen LogP contribution is 2.23. The number of hydrogen-bond donors (Lipinski definition) is 2. The van der Waals surface area contributed by atoms with Gasteiger partial charge >= 0.3 is 6.09 Å². The molecule has 2 rings (SSSR count). The monoisotopic (exact) mass is 241 g/mol. The van der Waals surface area contributed by atoms with Crippen molar-refractivity contribution < 1.29 is 9.90 Å². The van der Waals surface area contributed by atoms with Gasteiger partial charge in [-0.15, -0.1) is 0 Å². The van der Waals surface area contributed by atoms with Gasteiger partial charge in [-0.05, 0) is 29.8 Å². The molecule has 18 heavy (non-hydrogen) atoms. The minimum Gasteiger partial charge on any atom is -0.465 e. The van der Waals surface area contributed by atoms with Crippen LogP contribution < -0.4 is 5.32 Å². The van der Waals surface area contributed by atoms with E-state index in [1.54, 1.807) is 22.8 Å². The zero-order chi connectivity index (χ0) is 13.1. The highest BCUT2D eigenvalue weighted by molar-refractivity contribution is 5.83. The van der Waals surface area contributed by atoms with Gasteiger partial charge in [0, 0.05) is 18.4 Å². The molecule has 1 amide bonds. The molecule has 0 aliphatic carbocycles. The lowest BCUT2D eigenvalue weighted by Gasteiger charge is -2.06. The third-order valence-electron chi connectivity index (χ3n) is 2.67. The molecule has 0 aliphatic heterocycles. The number of hydrogen-bond acceptors (Lipinski definition) is 2. The topological polar surface area (TPSA) is 78.0 Å². The van der Waals surface area contributed by atoms with Crippen molar-refractivity contribution >= 4 is 11.8 Å². The summed E-state index contributed by atoms with van der Waals surface area (Å²) in [6, 6.07) is 12.7. The average Bonchev–Trinajstić information content (AvgIpc) is 2.71. The Morgan fingerprint density at radius 2 is 1.94 bits per heavy atom. The Hall–Kier alpha value is -2.74. The second-order valence-corrected chi connectivity index (χ2v) is 3.78. The summed E-state index contributed by atoms with van der Waals surface area (Å²) < 4.78 is 1.79. The first-order valence-corrected chi connectivity index (χ1v) is 5.28. The van der Waals surface area contributed by atoms with E-state index in [4.69, 9.17) is 10.4 Å². The summed E-state index contributed by atoms with van der Waals surface area (Å²) in [5, 5.41) is 19.7. The van der Waals surface area contributed by atoms with Gasteiger partial charge in [-0.2, -0.15) is 5.26 Å². The van der Waals surface area contributed by atoms with Crippen molar-refractivity contribution in [1.82, 2.24) is 4.57 Å². The van der Waals surface area contributed by atoms with Crippen LogP contribution >= 0.6 is 0 Å².